The van der Waals surface area contributed by atoms with Gasteiger partial charge in [0.15, 0.2) is 11.5 Å². The van der Waals surface area contributed by atoms with Crippen molar-refractivity contribution in [3.05, 3.63) is 23.8 Å². The molecule has 2 amide bonds. The first-order valence-corrected chi connectivity index (χ1v) is 7.74. The maximum atomic E-state index is 12.2. The van der Waals surface area contributed by atoms with Gasteiger partial charge in [-0.3, -0.25) is 4.90 Å². The number of benzene rings is 1. The van der Waals surface area contributed by atoms with Crippen molar-refractivity contribution in [2.24, 2.45) is 0 Å². The van der Waals surface area contributed by atoms with Gasteiger partial charge in [-0.25, -0.2) is 4.79 Å². The smallest absolute Gasteiger partial charge is 0.317 e. The van der Waals surface area contributed by atoms with Crippen molar-refractivity contribution in [3.63, 3.8) is 0 Å². The second-order valence-electron chi connectivity index (χ2n) is 5.40. The number of hydrogen-bond acceptors (Lipinski definition) is 5. The van der Waals surface area contributed by atoms with E-state index in [1.165, 1.54) is 0 Å². The summed E-state index contributed by atoms with van der Waals surface area (Å²) in [6, 6.07) is 5.52. The monoisotopic (exact) mass is 323 g/mol. The van der Waals surface area contributed by atoms with E-state index in [1.807, 2.05) is 18.2 Å². The number of nitrogens with zero attached hydrogens (tertiary/aromatic N) is 2. The maximum Gasteiger partial charge on any atom is 0.317 e. The molecule has 23 heavy (non-hydrogen) atoms. The van der Waals surface area contributed by atoms with E-state index >= 15 is 0 Å². The first-order chi connectivity index (χ1) is 11.2. The molecule has 0 radical (unpaired) electrons. The summed E-state index contributed by atoms with van der Waals surface area (Å²) in [5.41, 5.74) is 0.954. The molecule has 1 heterocycles. The molecule has 1 aromatic rings. The molecule has 2 N–H and O–H groups in total. The number of aliphatic hydroxyl groups is 1. The highest BCUT2D eigenvalue weighted by Gasteiger charge is 2.20. The standard InChI is InChI=1S/C16H25N3O4/c1-22-14-4-3-13(11-15(14)23-2)12-17-16(21)19-7-5-18(6-8-19)9-10-20/h3-4,11,20H,5-10,12H2,1-2H3,(H,17,21). The van der Waals surface area contributed by atoms with Gasteiger partial charge in [0.1, 0.15) is 0 Å². The minimum atomic E-state index is -0.0663. The van der Waals surface area contributed by atoms with Gasteiger partial charge in [0, 0.05) is 39.3 Å². The Kier molecular flexibility index (Phi) is 6.49. The van der Waals surface area contributed by atoms with E-state index in [0.29, 0.717) is 37.7 Å². The molecule has 0 spiro atoms. The van der Waals surface area contributed by atoms with Crippen molar-refractivity contribution >= 4 is 6.03 Å². The Bertz CT molecular complexity index is 516. The Morgan fingerprint density at radius 3 is 2.48 bits per heavy atom. The zero-order valence-electron chi connectivity index (χ0n) is 13.7. The third kappa shape index (κ3) is 4.74. The number of amides is 2. The van der Waals surface area contributed by atoms with Crippen LogP contribution in [0.2, 0.25) is 0 Å². The van der Waals surface area contributed by atoms with Crippen molar-refractivity contribution in [2.75, 3.05) is 53.6 Å². The maximum absolute atomic E-state index is 12.2. The third-order valence-corrected chi connectivity index (χ3v) is 3.97. The number of aliphatic hydroxyl groups excluding tert-OH is 1. The predicted molar refractivity (Wildman–Crippen MR) is 86.9 cm³/mol. The number of carbonyl (C=O) groups is 1. The summed E-state index contributed by atoms with van der Waals surface area (Å²) < 4.78 is 10.5. The molecule has 1 aliphatic heterocycles. The molecule has 1 aliphatic rings. The van der Waals surface area contributed by atoms with E-state index in [4.69, 9.17) is 14.6 Å². The van der Waals surface area contributed by atoms with E-state index in [2.05, 4.69) is 10.2 Å². The van der Waals surface area contributed by atoms with Crippen LogP contribution in [0.1, 0.15) is 5.56 Å². The molecule has 7 heteroatoms. The average Bonchev–Trinajstić information content (AvgIpc) is 2.60. The molecule has 0 atom stereocenters. The molecule has 0 aliphatic carbocycles. The minimum Gasteiger partial charge on any atom is -0.493 e. The van der Waals surface area contributed by atoms with Crippen LogP contribution in [0.5, 0.6) is 11.5 Å². The quantitative estimate of drug-likeness (QED) is 0.798. The molecule has 0 saturated carbocycles. The fourth-order valence-corrected chi connectivity index (χ4v) is 2.60. The second kappa shape index (κ2) is 8.59. The lowest BCUT2D eigenvalue weighted by atomic mass is 10.2. The molecular formula is C16H25N3O4. The van der Waals surface area contributed by atoms with Crippen LogP contribution >= 0.6 is 0 Å². The Balaban J connectivity index is 1.83. The minimum absolute atomic E-state index is 0.0663. The summed E-state index contributed by atoms with van der Waals surface area (Å²) in [6.45, 7) is 4.22. The van der Waals surface area contributed by atoms with Crippen LogP contribution in [0.4, 0.5) is 4.79 Å². The number of urea groups is 1. The fourth-order valence-electron chi connectivity index (χ4n) is 2.60. The predicted octanol–water partition coefficient (Wildman–Crippen LogP) is 0.523. The van der Waals surface area contributed by atoms with Gasteiger partial charge >= 0.3 is 6.03 Å². The van der Waals surface area contributed by atoms with Gasteiger partial charge in [0.2, 0.25) is 0 Å². The van der Waals surface area contributed by atoms with Crippen molar-refractivity contribution < 1.29 is 19.4 Å². The highest BCUT2D eigenvalue weighted by Crippen LogP contribution is 2.27. The first kappa shape index (κ1) is 17.4. The molecule has 1 fully saturated rings. The topological polar surface area (TPSA) is 74.3 Å². The fraction of sp³-hybridized carbons (Fsp3) is 0.562. The number of ether oxygens (including phenoxy) is 2. The van der Waals surface area contributed by atoms with Gasteiger partial charge in [-0.15, -0.1) is 0 Å². The zero-order valence-corrected chi connectivity index (χ0v) is 13.7. The Hall–Kier alpha value is -1.99. The van der Waals surface area contributed by atoms with Gasteiger partial charge in [-0.05, 0) is 17.7 Å². The third-order valence-electron chi connectivity index (χ3n) is 3.97. The van der Waals surface area contributed by atoms with Crippen molar-refractivity contribution in [1.29, 1.82) is 0 Å². The molecule has 0 bridgehead atoms. The van der Waals surface area contributed by atoms with Crippen LogP contribution in [0.3, 0.4) is 0 Å². The molecule has 7 nitrogen and oxygen atoms in total. The summed E-state index contributed by atoms with van der Waals surface area (Å²) in [4.78, 5) is 16.2. The summed E-state index contributed by atoms with van der Waals surface area (Å²) >= 11 is 0. The Morgan fingerprint density at radius 2 is 1.87 bits per heavy atom. The number of methoxy groups -OCH3 is 2. The highest BCUT2D eigenvalue weighted by atomic mass is 16.5. The van der Waals surface area contributed by atoms with E-state index in [0.717, 1.165) is 18.7 Å². The van der Waals surface area contributed by atoms with E-state index in [9.17, 15) is 4.79 Å². The summed E-state index contributed by atoms with van der Waals surface area (Å²) in [7, 11) is 3.18. The summed E-state index contributed by atoms with van der Waals surface area (Å²) in [5.74, 6) is 1.32. The summed E-state index contributed by atoms with van der Waals surface area (Å²) in [6.07, 6.45) is 0. The van der Waals surface area contributed by atoms with E-state index in [1.54, 1.807) is 19.1 Å². The zero-order chi connectivity index (χ0) is 16.7. The van der Waals surface area contributed by atoms with Crippen LogP contribution in [0.15, 0.2) is 18.2 Å². The lowest BCUT2D eigenvalue weighted by molar-refractivity contribution is 0.122. The van der Waals surface area contributed by atoms with Crippen LogP contribution in [0.25, 0.3) is 0 Å². The van der Waals surface area contributed by atoms with Crippen LogP contribution in [0, 0.1) is 0 Å². The number of nitrogens with one attached hydrogen (secondary N) is 1. The second-order valence-corrected chi connectivity index (χ2v) is 5.40. The van der Waals surface area contributed by atoms with E-state index < -0.39 is 0 Å². The normalized spacial score (nSPS) is 15.3. The largest absolute Gasteiger partial charge is 0.493 e. The van der Waals surface area contributed by atoms with Crippen molar-refractivity contribution in [2.45, 2.75) is 6.54 Å². The Labute approximate surface area is 136 Å². The SMILES string of the molecule is COc1ccc(CNC(=O)N2CCN(CCO)CC2)cc1OC. The van der Waals surface area contributed by atoms with Gasteiger partial charge in [-0.1, -0.05) is 6.07 Å². The van der Waals surface area contributed by atoms with Crippen LogP contribution < -0.4 is 14.8 Å². The van der Waals surface area contributed by atoms with Gasteiger partial charge in [-0.2, -0.15) is 0 Å². The van der Waals surface area contributed by atoms with E-state index in [-0.39, 0.29) is 12.6 Å². The van der Waals surface area contributed by atoms with Gasteiger partial charge < -0.3 is 24.8 Å². The van der Waals surface area contributed by atoms with Crippen LogP contribution in [-0.4, -0.2) is 74.5 Å². The number of piperazine rings is 1. The highest BCUT2D eigenvalue weighted by molar-refractivity contribution is 5.74. The number of β-amino-alcohol motifs (C(OH)–C–C–N with tert-alkyl or cyclic N) is 1. The van der Waals surface area contributed by atoms with Crippen molar-refractivity contribution in [3.8, 4) is 11.5 Å². The molecule has 1 saturated heterocycles. The molecule has 128 valence electrons. The average molecular weight is 323 g/mol. The Morgan fingerprint density at radius 1 is 1.17 bits per heavy atom. The molecule has 0 unspecified atom stereocenters. The lowest BCUT2D eigenvalue weighted by Crippen LogP contribution is -2.52. The number of rotatable bonds is 6. The molecular weight excluding hydrogens is 298 g/mol. The van der Waals surface area contributed by atoms with Gasteiger partial charge in [0.05, 0.1) is 20.8 Å². The number of carbonyl (C=O) groups excluding carboxylic acids is 1. The van der Waals surface area contributed by atoms with Crippen molar-refractivity contribution in [1.82, 2.24) is 15.1 Å². The van der Waals surface area contributed by atoms with Gasteiger partial charge in [0.25, 0.3) is 0 Å². The summed E-state index contributed by atoms with van der Waals surface area (Å²) in [5, 5.41) is 11.9. The molecule has 2 rings (SSSR count). The lowest BCUT2D eigenvalue weighted by Gasteiger charge is -2.34. The molecule has 1 aromatic carbocycles. The molecule has 0 aromatic heterocycles. The van der Waals surface area contributed by atoms with Crippen LogP contribution in [-0.2, 0) is 6.54 Å². The first-order valence-electron chi connectivity index (χ1n) is 7.74. The number of hydrogen-bond donors (Lipinski definition) is 2.